The predicted molar refractivity (Wildman–Crippen MR) is 67.7 cm³/mol. The van der Waals surface area contributed by atoms with Gasteiger partial charge in [0.15, 0.2) is 0 Å². The number of carbonyl (C=O) groups excluding carboxylic acids is 1. The van der Waals surface area contributed by atoms with Crippen LogP contribution in [0.3, 0.4) is 0 Å². The summed E-state index contributed by atoms with van der Waals surface area (Å²) >= 11 is 0. The molecule has 1 fully saturated rings. The molecule has 5 heteroatoms. The van der Waals surface area contributed by atoms with Gasteiger partial charge in [-0.2, -0.15) is 0 Å². The maximum absolute atomic E-state index is 13.8. The SMILES string of the molecule is CN1CCN(Cc2ccc(C(N)=O)cc2F)CC1. The number of nitrogens with zero attached hydrogens (tertiary/aromatic N) is 2. The summed E-state index contributed by atoms with van der Waals surface area (Å²) in [5, 5.41) is 0. The monoisotopic (exact) mass is 251 g/mol. The van der Waals surface area contributed by atoms with Gasteiger partial charge in [-0.1, -0.05) is 6.07 Å². The Labute approximate surface area is 106 Å². The van der Waals surface area contributed by atoms with Crippen LogP contribution in [0, 0.1) is 5.82 Å². The van der Waals surface area contributed by atoms with Crippen molar-refractivity contribution in [1.29, 1.82) is 0 Å². The molecule has 1 heterocycles. The Kier molecular flexibility index (Phi) is 3.93. The second kappa shape index (κ2) is 5.46. The van der Waals surface area contributed by atoms with Gasteiger partial charge >= 0.3 is 0 Å². The zero-order valence-electron chi connectivity index (χ0n) is 10.5. The molecule has 1 aromatic rings. The van der Waals surface area contributed by atoms with E-state index < -0.39 is 5.91 Å². The van der Waals surface area contributed by atoms with E-state index in [2.05, 4.69) is 16.8 Å². The van der Waals surface area contributed by atoms with Crippen LogP contribution in [0.4, 0.5) is 4.39 Å². The number of hydrogen-bond donors (Lipinski definition) is 1. The fraction of sp³-hybridized carbons (Fsp3) is 0.462. The van der Waals surface area contributed by atoms with E-state index in [1.807, 2.05) is 0 Å². The van der Waals surface area contributed by atoms with Crippen molar-refractivity contribution in [2.75, 3.05) is 33.2 Å². The molecule has 0 aromatic heterocycles. The predicted octanol–water partition coefficient (Wildman–Crippen LogP) is 0.672. The van der Waals surface area contributed by atoms with Crippen molar-refractivity contribution < 1.29 is 9.18 Å². The summed E-state index contributed by atoms with van der Waals surface area (Å²) < 4.78 is 13.8. The second-order valence-corrected chi connectivity index (χ2v) is 4.75. The van der Waals surface area contributed by atoms with Gasteiger partial charge in [0, 0.05) is 43.9 Å². The highest BCUT2D eigenvalue weighted by Crippen LogP contribution is 2.14. The van der Waals surface area contributed by atoms with Gasteiger partial charge in [0.25, 0.3) is 0 Å². The van der Waals surface area contributed by atoms with Gasteiger partial charge < -0.3 is 10.6 Å². The molecule has 0 saturated carbocycles. The molecule has 2 N–H and O–H groups in total. The summed E-state index contributed by atoms with van der Waals surface area (Å²) in [4.78, 5) is 15.4. The molecule has 1 aliphatic heterocycles. The molecule has 98 valence electrons. The summed E-state index contributed by atoms with van der Waals surface area (Å²) in [6.45, 7) is 4.46. The zero-order chi connectivity index (χ0) is 13.1. The highest BCUT2D eigenvalue weighted by molar-refractivity contribution is 5.92. The van der Waals surface area contributed by atoms with Gasteiger partial charge in [0.2, 0.25) is 5.91 Å². The number of piperazine rings is 1. The van der Waals surface area contributed by atoms with E-state index in [0.717, 1.165) is 26.2 Å². The van der Waals surface area contributed by atoms with Crippen molar-refractivity contribution in [2.45, 2.75) is 6.54 Å². The van der Waals surface area contributed by atoms with E-state index in [-0.39, 0.29) is 11.4 Å². The Morgan fingerprint density at radius 3 is 2.56 bits per heavy atom. The lowest BCUT2D eigenvalue weighted by molar-refractivity contribution is 0.0999. The summed E-state index contributed by atoms with van der Waals surface area (Å²) in [7, 11) is 2.08. The van der Waals surface area contributed by atoms with Crippen LogP contribution in [0.15, 0.2) is 18.2 Å². The maximum Gasteiger partial charge on any atom is 0.248 e. The number of amides is 1. The van der Waals surface area contributed by atoms with Crippen LogP contribution in [-0.4, -0.2) is 48.9 Å². The van der Waals surface area contributed by atoms with Crippen LogP contribution in [-0.2, 0) is 6.54 Å². The molecular formula is C13H18FN3O. The fourth-order valence-electron chi connectivity index (χ4n) is 2.08. The molecule has 2 rings (SSSR count). The Hall–Kier alpha value is -1.46. The quantitative estimate of drug-likeness (QED) is 0.859. The van der Waals surface area contributed by atoms with Crippen molar-refractivity contribution in [2.24, 2.45) is 5.73 Å². The van der Waals surface area contributed by atoms with Crippen LogP contribution >= 0.6 is 0 Å². The maximum atomic E-state index is 13.8. The third-order valence-corrected chi connectivity index (χ3v) is 3.33. The fourth-order valence-corrected chi connectivity index (χ4v) is 2.08. The standard InChI is InChI=1S/C13H18FN3O/c1-16-4-6-17(7-5-16)9-11-3-2-10(13(15)18)8-12(11)14/h2-3,8H,4-7,9H2,1H3,(H2,15,18). The van der Waals surface area contributed by atoms with Crippen LogP contribution in [0.5, 0.6) is 0 Å². The number of benzene rings is 1. The molecule has 1 aromatic carbocycles. The minimum absolute atomic E-state index is 0.217. The largest absolute Gasteiger partial charge is 0.366 e. The number of likely N-dealkylation sites (N-methyl/N-ethyl adjacent to an activating group) is 1. The molecule has 1 amide bonds. The van der Waals surface area contributed by atoms with Crippen LogP contribution in [0.2, 0.25) is 0 Å². The van der Waals surface area contributed by atoms with Gasteiger partial charge in [0.1, 0.15) is 5.82 Å². The Morgan fingerprint density at radius 1 is 1.33 bits per heavy atom. The molecule has 0 unspecified atom stereocenters. The second-order valence-electron chi connectivity index (χ2n) is 4.75. The van der Waals surface area contributed by atoms with Crippen molar-refractivity contribution in [3.8, 4) is 0 Å². The lowest BCUT2D eigenvalue weighted by Gasteiger charge is -2.32. The average Bonchev–Trinajstić information content (AvgIpc) is 2.34. The topological polar surface area (TPSA) is 49.6 Å². The molecular weight excluding hydrogens is 233 g/mol. The smallest absolute Gasteiger partial charge is 0.248 e. The highest BCUT2D eigenvalue weighted by atomic mass is 19.1. The lowest BCUT2D eigenvalue weighted by Crippen LogP contribution is -2.44. The van der Waals surface area contributed by atoms with E-state index in [1.54, 1.807) is 12.1 Å². The Morgan fingerprint density at radius 2 is 2.00 bits per heavy atom. The molecule has 0 spiro atoms. The number of carbonyl (C=O) groups is 1. The van der Waals surface area contributed by atoms with Gasteiger partial charge in [-0.25, -0.2) is 4.39 Å². The highest BCUT2D eigenvalue weighted by Gasteiger charge is 2.16. The molecule has 0 bridgehead atoms. The van der Waals surface area contributed by atoms with E-state index in [4.69, 9.17) is 5.73 Å². The molecule has 0 radical (unpaired) electrons. The minimum Gasteiger partial charge on any atom is -0.366 e. The summed E-state index contributed by atoms with van der Waals surface area (Å²) in [5.41, 5.74) is 5.94. The molecule has 1 saturated heterocycles. The molecule has 4 nitrogen and oxygen atoms in total. The molecule has 0 aliphatic carbocycles. The van der Waals surface area contributed by atoms with Crippen molar-refractivity contribution in [3.63, 3.8) is 0 Å². The van der Waals surface area contributed by atoms with E-state index in [1.165, 1.54) is 6.07 Å². The van der Waals surface area contributed by atoms with Gasteiger partial charge in [0.05, 0.1) is 0 Å². The Bertz CT molecular complexity index is 442. The van der Waals surface area contributed by atoms with Gasteiger partial charge in [-0.05, 0) is 19.2 Å². The normalized spacial score (nSPS) is 17.9. The average molecular weight is 251 g/mol. The number of halogens is 1. The zero-order valence-corrected chi connectivity index (χ0v) is 10.5. The first-order chi connectivity index (χ1) is 8.56. The number of hydrogen-bond acceptors (Lipinski definition) is 3. The Balaban J connectivity index is 2.03. The van der Waals surface area contributed by atoms with Crippen molar-refractivity contribution >= 4 is 5.91 Å². The third-order valence-electron chi connectivity index (χ3n) is 3.33. The molecule has 0 atom stereocenters. The number of rotatable bonds is 3. The molecule has 18 heavy (non-hydrogen) atoms. The van der Waals surface area contributed by atoms with Gasteiger partial charge in [-0.15, -0.1) is 0 Å². The van der Waals surface area contributed by atoms with Crippen molar-refractivity contribution in [3.05, 3.63) is 35.1 Å². The molecule has 1 aliphatic rings. The summed E-state index contributed by atoms with van der Waals surface area (Å²) in [6.07, 6.45) is 0. The third kappa shape index (κ3) is 3.05. The summed E-state index contributed by atoms with van der Waals surface area (Å²) in [5.74, 6) is -0.953. The lowest BCUT2D eigenvalue weighted by atomic mass is 10.1. The first-order valence-corrected chi connectivity index (χ1v) is 6.05. The number of nitrogens with two attached hydrogens (primary N) is 1. The van der Waals surface area contributed by atoms with Crippen molar-refractivity contribution in [1.82, 2.24) is 9.80 Å². The van der Waals surface area contributed by atoms with E-state index >= 15 is 0 Å². The number of primary amides is 1. The van der Waals surface area contributed by atoms with E-state index in [0.29, 0.717) is 12.1 Å². The summed E-state index contributed by atoms with van der Waals surface area (Å²) in [6, 6.07) is 4.44. The van der Waals surface area contributed by atoms with Crippen LogP contribution in [0.1, 0.15) is 15.9 Å². The minimum atomic E-state index is -0.597. The van der Waals surface area contributed by atoms with Crippen LogP contribution < -0.4 is 5.73 Å². The first kappa shape index (κ1) is 13.0. The van der Waals surface area contributed by atoms with E-state index in [9.17, 15) is 9.18 Å². The van der Waals surface area contributed by atoms with Gasteiger partial charge in [-0.3, -0.25) is 9.69 Å². The first-order valence-electron chi connectivity index (χ1n) is 6.05. The van der Waals surface area contributed by atoms with Crippen LogP contribution in [0.25, 0.3) is 0 Å².